The van der Waals surface area contributed by atoms with Crippen LogP contribution in [0.1, 0.15) is 20.8 Å². The lowest BCUT2D eigenvalue weighted by atomic mass is 10.0. The van der Waals surface area contributed by atoms with Gasteiger partial charge in [0.2, 0.25) is 5.88 Å². The minimum Gasteiger partial charge on any atom is -0.457 e. The van der Waals surface area contributed by atoms with Crippen LogP contribution in [0.2, 0.25) is 0 Å². The zero-order valence-corrected chi connectivity index (χ0v) is 21.4. The Morgan fingerprint density at radius 1 is 0.789 bits per heavy atom. The van der Waals surface area contributed by atoms with E-state index in [0.29, 0.717) is 11.5 Å². The molecule has 0 bridgehead atoms. The smallest absolute Gasteiger partial charge is 0.457 e. The molecule has 0 aliphatic rings. The van der Waals surface area contributed by atoms with Gasteiger partial charge in [-0.15, -0.1) is 0 Å². The molecule has 7 heteroatoms. The van der Waals surface area contributed by atoms with E-state index in [0.717, 1.165) is 28.2 Å². The van der Waals surface area contributed by atoms with Crippen LogP contribution in [0.5, 0.6) is 17.4 Å². The van der Waals surface area contributed by atoms with Crippen LogP contribution >= 0.6 is 0 Å². The van der Waals surface area contributed by atoms with E-state index in [4.69, 9.17) is 19.3 Å². The van der Waals surface area contributed by atoms with Crippen molar-refractivity contribution in [3.63, 3.8) is 0 Å². The fraction of sp³-hybridized carbons (Fsp3) is 0.129. The van der Waals surface area contributed by atoms with E-state index in [1.54, 1.807) is 45.2 Å². The second kappa shape index (κ2) is 10.6. The van der Waals surface area contributed by atoms with Crippen molar-refractivity contribution in [1.29, 1.82) is 0 Å². The predicted molar refractivity (Wildman–Crippen MR) is 146 cm³/mol. The van der Waals surface area contributed by atoms with Crippen molar-refractivity contribution in [1.82, 2.24) is 14.8 Å². The first kappa shape index (κ1) is 24.8. The Morgan fingerprint density at radius 2 is 1.53 bits per heavy atom. The minimum atomic E-state index is -0.818. The summed E-state index contributed by atoms with van der Waals surface area (Å²) >= 11 is 0. The van der Waals surface area contributed by atoms with Gasteiger partial charge in [0.05, 0.1) is 5.69 Å². The average Bonchev–Trinajstić information content (AvgIpc) is 3.33. The van der Waals surface area contributed by atoms with Crippen molar-refractivity contribution in [2.75, 3.05) is 0 Å². The largest absolute Gasteiger partial charge is 0.515 e. The molecule has 0 atom stereocenters. The molecule has 190 valence electrons. The Balaban J connectivity index is 1.51. The highest BCUT2D eigenvalue weighted by Crippen LogP contribution is 2.35. The van der Waals surface area contributed by atoms with Gasteiger partial charge in [-0.1, -0.05) is 60.7 Å². The van der Waals surface area contributed by atoms with Crippen LogP contribution in [0, 0.1) is 0 Å². The van der Waals surface area contributed by atoms with Crippen LogP contribution in [-0.2, 0) is 4.74 Å². The lowest BCUT2D eigenvalue weighted by Crippen LogP contribution is -2.26. The lowest BCUT2D eigenvalue weighted by molar-refractivity contribution is 0.0192. The zero-order chi connectivity index (χ0) is 26.5. The van der Waals surface area contributed by atoms with Crippen molar-refractivity contribution in [2.24, 2.45) is 0 Å². The van der Waals surface area contributed by atoms with Crippen LogP contribution in [0.25, 0.3) is 28.2 Å². The van der Waals surface area contributed by atoms with Gasteiger partial charge in [0.25, 0.3) is 0 Å². The highest BCUT2D eigenvalue weighted by atomic mass is 16.7. The van der Waals surface area contributed by atoms with Crippen molar-refractivity contribution >= 4 is 6.16 Å². The summed E-state index contributed by atoms with van der Waals surface area (Å²) in [5, 5.41) is 4.72. The summed E-state index contributed by atoms with van der Waals surface area (Å²) in [6.45, 7) is 5.34. The maximum atomic E-state index is 12.5. The molecular formula is C31H27N3O4. The summed E-state index contributed by atoms with van der Waals surface area (Å²) in [4.78, 5) is 16.8. The molecule has 7 nitrogen and oxygen atoms in total. The van der Waals surface area contributed by atoms with E-state index in [-0.39, 0.29) is 5.88 Å². The van der Waals surface area contributed by atoms with E-state index in [1.165, 1.54) is 4.68 Å². The Bertz CT molecular complexity index is 1540. The molecule has 0 fully saturated rings. The molecular weight excluding hydrogens is 478 g/mol. The SMILES string of the molecule is CC(C)(C)OC(=O)Oc1cc(-c2cccc(-c3ccccc3Oc3ccccc3)c2)nn1-c1ccccn1. The number of pyridine rings is 1. The molecule has 0 spiro atoms. The number of rotatable bonds is 6. The molecule has 5 aromatic rings. The zero-order valence-electron chi connectivity index (χ0n) is 21.4. The highest BCUT2D eigenvalue weighted by molar-refractivity contribution is 5.76. The third-order valence-electron chi connectivity index (χ3n) is 5.45. The van der Waals surface area contributed by atoms with Crippen LogP contribution in [0.3, 0.4) is 0 Å². The number of aromatic nitrogens is 3. The lowest BCUT2D eigenvalue weighted by Gasteiger charge is -2.18. The molecule has 0 saturated carbocycles. The maximum absolute atomic E-state index is 12.5. The van der Waals surface area contributed by atoms with Crippen molar-refractivity contribution in [3.05, 3.63) is 109 Å². The number of carbonyl (C=O) groups excluding carboxylic acids is 1. The normalized spacial score (nSPS) is 11.1. The van der Waals surface area contributed by atoms with Crippen molar-refractivity contribution < 1.29 is 19.0 Å². The van der Waals surface area contributed by atoms with Crippen LogP contribution in [0.15, 0.2) is 109 Å². The third-order valence-corrected chi connectivity index (χ3v) is 5.45. The van der Waals surface area contributed by atoms with E-state index < -0.39 is 11.8 Å². The number of carbonyl (C=O) groups is 1. The molecule has 0 unspecified atom stereocenters. The molecule has 2 aromatic heterocycles. The first-order chi connectivity index (χ1) is 18.4. The van der Waals surface area contributed by atoms with Gasteiger partial charge in [0.15, 0.2) is 5.82 Å². The summed E-state index contributed by atoms with van der Waals surface area (Å²) in [6.07, 6.45) is 0.833. The second-order valence-electron chi connectivity index (χ2n) is 9.53. The fourth-order valence-electron chi connectivity index (χ4n) is 3.83. The molecule has 0 saturated heterocycles. The molecule has 38 heavy (non-hydrogen) atoms. The first-order valence-electron chi connectivity index (χ1n) is 12.2. The van der Waals surface area contributed by atoms with Gasteiger partial charge in [0.1, 0.15) is 17.1 Å². The third kappa shape index (κ3) is 5.90. The second-order valence-corrected chi connectivity index (χ2v) is 9.53. The van der Waals surface area contributed by atoms with E-state index in [1.807, 2.05) is 84.9 Å². The maximum Gasteiger partial charge on any atom is 0.515 e. The number of benzene rings is 3. The Hall–Kier alpha value is -4.91. The average molecular weight is 506 g/mol. The summed E-state index contributed by atoms with van der Waals surface area (Å²) in [7, 11) is 0. The summed E-state index contributed by atoms with van der Waals surface area (Å²) < 4.78 is 18.6. The van der Waals surface area contributed by atoms with Gasteiger partial charge in [-0.2, -0.15) is 9.78 Å². The predicted octanol–water partition coefficient (Wildman–Crippen LogP) is 7.71. The van der Waals surface area contributed by atoms with E-state index >= 15 is 0 Å². The fourth-order valence-corrected chi connectivity index (χ4v) is 3.83. The first-order valence-corrected chi connectivity index (χ1v) is 12.2. The molecule has 0 radical (unpaired) electrons. The highest BCUT2D eigenvalue weighted by Gasteiger charge is 2.22. The Kier molecular flexibility index (Phi) is 6.91. The minimum absolute atomic E-state index is 0.200. The standard InChI is InChI=1S/C31H27N3O4/c1-31(2,3)38-30(35)37-29-21-26(33-34(29)28-18-9-10-19-32-28)23-13-11-12-22(20-23)25-16-7-8-17-27(25)36-24-14-5-4-6-15-24/h4-21H,1-3H3. The van der Waals surface area contributed by atoms with E-state index in [2.05, 4.69) is 4.98 Å². The molecule has 0 aliphatic carbocycles. The monoisotopic (exact) mass is 505 g/mol. The number of hydrogen-bond donors (Lipinski definition) is 0. The summed E-state index contributed by atoms with van der Waals surface area (Å²) in [6, 6.07) is 32.6. The van der Waals surface area contributed by atoms with Crippen LogP contribution in [-0.4, -0.2) is 26.5 Å². The molecule has 0 N–H and O–H groups in total. The van der Waals surface area contributed by atoms with Gasteiger partial charge in [0, 0.05) is 23.4 Å². The number of nitrogens with zero attached hydrogens (tertiary/aromatic N) is 3. The van der Waals surface area contributed by atoms with Gasteiger partial charge in [-0.05, 0) is 62.7 Å². The van der Waals surface area contributed by atoms with Crippen molar-refractivity contribution in [3.8, 4) is 45.6 Å². The summed E-state index contributed by atoms with van der Waals surface area (Å²) in [5.41, 5.74) is 2.64. The molecule has 0 amide bonds. The summed E-state index contributed by atoms with van der Waals surface area (Å²) in [5.74, 6) is 2.21. The molecule has 5 rings (SSSR count). The Morgan fingerprint density at radius 3 is 2.29 bits per heavy atom. The molecule has 0 aliphatic heterocycles. The Labute approximate surface area is 221 Å². The van der Waals surface area contributed by atoms with E-state index in [9.17, 15) is 4.79 Å². The van der Waals surface area contributed by atoms with Crippen LogP contribution < -0.4 is 9.47 Å². The number of para-hydroxylation sites is 2. The quantitative estimate of drug-likeness (QED) is 0.220. The number of ether oxygens (including phenoxy) is 3. The van der Waals surface area contributed by atoms with Gasteiger partial charge in [-0.3, -0.25) is 0 Å². The van der Waals surface area contributed by atoms with Crippen molar-refractivity contribution in [2.45, 2.75) is 26.4 Å². The molecule has 2 heterocycles. The van der Waals surface area contributed by atoms with Gasteiger partial charge >= 0.3 is 6.16 Å². The number of hydrogen-bond acceptors (Lipinski definition) is 6. The molecule has 3 aromatic carbocycles. The topological polar surface area (TPSA) is 75.5 Å². The van der Waals surface area contributed by atoms with Gasteiger partial charge < -0.3 is 14.2 Å². The van der Waals surface area contributed by atoms with Gasteiger partial charge in [-0.25, -0.2) is 9.78 Å². The van der Waals surface area contributed by atoms with Crippen LogP contribution in [0.4, 0.5) is 4.79 Å².